The first kappa shape index (κ1) is 18.7. The molecule has 0 radical (unpaired) electrons. The van der Waals surface area contributed by atoms with Crippen LogP contribution in [0, 0.1) is 11.8 Å². The second kappa shape index (κ2) is 9.63. The number of benzene rings is 1. The largest absolute Gasteiger partial charge is 0.356 e. The lowest BCUT2D eigenvalue weighted by Crippen LogP contribution is -2.41. The van der Waals surface area contributed by atoms with Crippen molar-refractivity contribution in [1.82, 2.24) is 10.2 Å². The van der Waals surface area contributed by atoms with Gasteiger partial charge in [0.1, 0.15) is 0 Å². The van der Waals surface area contributed by atoms with E-state index in [1.807, 2.05) is 6.07 Å². The summed E-state index contributed by atoms with van der Waals surface area (Å²) in [5.41, 5.74) is 2.63. The molecule has 2 rings (SSSR count). The maximum absolute atomic E-state index is 12.2. The van der Waals surface area contributed by atoms with Crippen LogP contribution in [0.5, 0.6) is 0 Å². The van der Waals surface area contributed by atoms with E-state index >= 15 is 0 Å². The van der Waals surface area contributed by atoms with Gasteiger partial charge in [0.15, 0.2) is 0 Å². The number of likely N-dealkylation sites (tertiary alicyclic amines) is 1. The van der Waals surface area contributed by atoms with E-state index in [0.717, 1.165) is 45.4 Å². The molecule has 1 amide bonds. The van der Waals surface area contributed by atoms with Crippen molar-refractivity contribution in [3.8, 4) is 0 Å². The third-order valence-corrected chi connectivity index (χ3v) is 4.66. The first-order chi connectivity index (χ1) is 11.5. The molecule has 0 aliphatic carbocycles. The molecule has 0 bridgehead atoms. The number of nitrogens with one attached hydrogen (secondary N) is 1. The molecule has 1 fully saturated rings. The first-order valence-electron chi connectivity index (χ1n) is 9.27. The maximum Gasteiger partial charge on any atom is 0.223 e. The van der Waals surface area contributed by atoms with Gasteiger partial charge in [-0.1, -0.05) is 55.8 Å². The van der Waals surface area contributed by atoms with Crippen LogP contribution < -0.4 is 5.32 Å². The second-order valence-corrected chi connectivity index (χ2v) is 7.43. The fraction of sp³-hybridized carbons (Fsp3) is 0.571. The summed E-state index contributed by atoms with van der Waals surface area (Å²) in [6.45, 7) is 10.4. The zero-order valence-corrected chi connectivity index (χ0v) is 15.4. The molecule has 1 saturated heterocycles. The van der Waals surface area contributed by atoms with Crippen molar-refractivity contribution in [1.29, 1.82) is 0 Å². The Balaban J connectivity index is 1.72. The van der Waals surface area contributed by atoms with Gasteiger partial charge in [-0.3, -0.25) is 9.69 Å². The van der Waals surface area contributed by atoms with Crippen LogP contribution in [-0.4, -0.2) is 37.0 Å². The van der Waals surface area contributed by atoms with Crippen molar-refractivity contribution in [2.24, 2.45) is 11.8 Å². The zero-order chi connectivity index (χ0) is 17.4. The zero-order valence-electron chi connectivity index (χ0n) is 15.4. The van der Waals surface area contributed by atoms with E-state index < -0.39 is 0 Å². The maximum atomic E-state index is 12.2. The molecule has 1 heterocycles. The summed E-state index contributed by atoms with van der Waals surface area (Å²) in [4.78, 5) is 14.7. The highest BCUT2D eigenvalue weighted by Crippen LogP contribution is 2.19. The number of piperidine rings is 1. The minimum Gasteiger partial charge on any atom is -0.356 e. The fourth-order valence-corrected chi connectivity index (χ4v) is 3.21. The smallest absolute Gasteiger partial charge is 0.223 e. The quantitative estimate of drug-likeness (QED) is 0.821. The van der Waals surface area contributed by atoms with Gasteiger partial charge in [-0.15, -0.1) is 0 Å². The Hall–Kier alpha value is -1.61. The Labute approximate surface area is 147 Å². The standard InChI is InChI=1S/C21H32N2O/c1-17(2)9-12-22-21(24)20-10-13-23(14-11-20)16-18(3)15-19-7-5-4-6-8-19/h4-8,15,17,20H,9-14,16H2,1-3H3,(H,22,24)/b18-15+. The molecule has 0 unspecified atom stereocenters. The number of hydrogen-bond donors (Lipinski definition) is 1. The summed E-state index contributed by atoms with van der Waals surface area (Å²) >= 11 is 0. The van der Waals surface area contributed by atoms with Gasteiger partial charge in [0, 0.05) is 19.0 Å². The van der Waals surface area contributed by atoms with E-state index in [1.165, 1.54) is 11.1 Å². The van der Waals surface area contributed by atoms with Crippen LogP contribution in [0.1, 0.15) is 45.6 Å². The van der Waals surface area contributed by atoms with Gasteiger partial charge < -0.3 is 5.32 Å². The molecular weight excluding hydrogens is 296 g/mol. The summed E-state index contributed by atoms with van der Waals surface area (Å²) in [7, 11) is 0. The summed E-state index contributed by atoms with van der Waals surface area (Å²) in [6, 6.07) is 10.5. The molecular formula is C21H32N2O. The third kappa shape index (κ3) is 6.48. The van der Waals surface area contributed by atoms with Gasteiger partial charge in [0.2, 0.25) is 5.91 Å². The molecule has 3 heteroatoms. The number of nitrogens with zero attached hydrogens (tertiary/aromatic N) is 1. The van der Waals surface area contributed by atoms with Gasteiger partial charge in [-0.25, -0.2) is 0 Å². The van der Waals surface area contributed by atoms with Gasteiger partial charge in [0.25, 0.3) is 0 Å². The highest BCUT2D eigenvalue weighted by Gasteiger charge is 2.24. The average Bonchev–Trinajstić information content (AvgIpc) is 2.56. The molecule has 24 heavy (non-hydrogen) atoms. The predicted octanol–water partition coefficient (Wildman–Crippen LogP) is 3.96. The molecule has 0 aromatic heterocycles. The number of hydrogen-bond acceptors (Lipinski definition) is 2. The molecule has 1 aromatic carbocycles. The van der Waals surface area contributed by atoms with Crippen molar-refractivity contribution in [2.45, 2.75) is 40.0 Å². The van der Waals surface area contributed by atoms with Gasteiger partial charge in [-0.2, -0.15) is 0 Å². The van der Waals surface area contributed by atoms with Gasteiger partial charge in [0.05, 0.1) is 0 Å². The summed E-state index contributed by atoms with van der Waals surface area (Å²) in [6.07, 6.45) is 5.27. The summed E-state index contributed by atoms with van der Waals surface area (Å²) in [5, 5.41) is 3.10. The van der Waals surface area contributed by atoms with E-state index in [-0.39, 0.29) is 11.8 Å². The lowest BCUT2D eigenvalue weighted by Gasteiger charge is -2.31. The van der Waals surface area contributed by atoms with Crippen molar-refractivity contribution >= 4 is 12.0 Å². The monoisotopic (exact) mass is 328 g/mol. The minimum atomic E-state index is 0.201. The van der Waals surface area contributed by atoms with E-state index in [0.29, 0.717) is 5.92 Å². The van der Waals surface area contributed by atoms with Crippen molar-refractivity contribution in [3.63, 3.8) is 0 Å². The average molecular weight is 329 g/mol. The molecule has 3 nitrogen and oxygen atoms in total. The predicted molar refractivity (Wildman–Crippen MR) is 102 cm³/mol. The van der Waals surface area contributed by atoms with Gasteiger partial charge >= 0.3 is 0 Å². The molecule has 1 aromatic rings. The summed E-state index contributed by atoms with van der Waals surface area (Å²) in [5.74, 6) is 1.10. The van der Waals surface area contributed by atoms with Crippen molar-refractivity contribution in [2.75, 3.05) is 26.2 Å². The molecule has 1 aliphatic rings. The van der Waals surface area contributed by atoms with Crippen LogP contribution in [0.2, 0.25) is 0 Å². The Morgan fingerprint density at radius 1 is 1.25 bits per heavy atom. The second-order valence-electron chi connectivity index (χ2n) is 7.43. The number of rotatable bonds is 7. The van der Waals surface area contributed by atoms with Crippen molar-refractivity contribution < 1.29 is 4.79 Å². The molecule has 0 spiro atoms. The fourth-order valence-electron chi connectivity index (χ4n) is 3.21. The van der Waals surface area contributed by atoms with E-state index in [2.05, 4.69) is 61.3 Å². The third-order valence-electron chi connectivity index (χ3n) is 4.66. The van der Waals surface area contributed by atoms with Crippen LogP contribution in [0.25, 0.3) is 6.08 Å². The van der Waals surface area contributed by atoms with Crippen LogP contribution >= 0.6 is 0 Å². The lowest BCUT2D eigenvalue weighted by molar-refractivity contribution is -0.126. The Morgan fingerprint density at radius 3 is 2.54 bits per heavy atom. The van der Waals surface area contributed by atoms with Crippen LogP contribution in [-0.2, 0) is 4.79 Å². The first-order valence-corrected chi connectivity index (χ1v) is 9.27. The molecule has 1 N–H and O–H groups in total. The molecule has 0 saturated carbocycles. The number of carbonyl (C=O) groups excluding carboxylic acids is 1. The highest BCUT2D eigenvalue weighted by atomic mass is 16.1. The normalized spacial score (nSPS) is 17.2. The van der Waals surface area contributed by atoms with Crippen LogP contribution in [0.3, 0.4) is 0 Å². The summed E-state index contributed by atoms with van der Waals surface area (Å²) < 4.78 is 0. The Kier molecular flexibility index (Phi) is 7.51. The number of amides is 1. The molecule has 1 aliphatic heterocycles. The Bertz CT molecular complexity index is 528. The van der Waals surface area contributed by atoms with Crippen LogP contribution in [0.15, 0.2) is 35.9 Å². The SMILES string of the molecule is C/C(=C\c1ccccc1)CN1CCC(C(=O)NCCC(C)C)CC1. The van der Waals surface area contributed by atoms with E-state index in [9.17, 15) is 4.79 Å². The van der Waals surface area contributed by atoms with E-state index in [1.54, 1.807) is 0 Å². The molecule has 0 atom stereocenters. The number of carbonyl (C=O) groups is 1. The topological polar surface area (TPSA) is 32.3 Å². The lowest BCUT2D eigenvalue weighted by atomic mass is 9.95. The Morgan fingerprint density at radius 2 is 1.92 bits per heavy atom. The van der Waals surface area contributed by atoms with Crippen LogP contribution in [0.4, 0.5) is 0 Å². The van der Waals surface area contributed by atoms with E-state index in [4.69, 9.17) is 0 Å². The van der Waals surface area contributed by atoms with Gasteiger partial charge in [-0.05, 0) is 50.8 Å². The highest BCUT2D eigenvalue weighted by molar-refractivity contribution is 5.78. The van der Waals surface area contributed by atoms with Crippen molar-refractivity contribution in [3.05, 3.63) is 41.5 Å². The molecule has 132 valence electrons. The minimum absolute atomic E-state index is 0.201.